The molecule has 0 unspecified atom stereocenters. The van der Waals surface area contributed by atoms with Gasteiger partial charge in [-0.2, -0.15) is 0 Å². The molecule has 5 nitrogen and oxygen atoms in total. The number of carbonyl (C=O) groups is 2. The molecule has 0 aliphatic carbocycles. The van der Waals surface area contributed by atoms with Gasteiger partial charge in [-0.05, 0) is 18.2 Å². The van der Waals surface area contributed by atoms with E-state index in [1.165, 1.54) is 14.0 Å². The van der Waals surface area contributed by atoms with Gasteiger partial charge in [0.05, 0.1) is 12.7 Å². The summed E-state index contributed by atoms with van der Waals surface area (Å²) < 4.78 is 5.97. The SMILES string of the molecule is COc1cc(Br)ccc1C(=O)NCCNC(C)=O. The van der Waals surface area contributed by atoms with Crippen molar-refractivity contribution in [3.8, 4) is 5.75 Å². The molecule has 0 spiro atoms. The van der Waals surface area contributed by atoms with Crippen molar-refractivity contribution < 1.29 is 14.3 Å². The first-order valence-electron chi connectivity index (χ1n) is 5.40. The molecular formula is C12H15BrN2O3. The Balaban J connectivity index is 2.58. The summed E-state index contributed by atoms with van der Waals surface area (Å²) in [7, 11) is 1.51. The van der Waals surface area contributed by atoms with Gasteiger partial charge in [0, 0.05) is 24.5 Å². The van der Waals surface area contributed by atoms with Crippen LogP contribution in [0, 0.1) is 0 Å². The summed E-state index contributed by atoms with van der Waals surface area (Å²) in [6.07, 6.45) is 0. The standard InChI is InChI=1S/C12H15BrN2O3/c1-8(16)14-5-6-15-12(17)10-4-3-9(13)7-11(10)18-2/h3-4,7H,5-6H2,1-2H3,(H,14,16)(H,15,17). The molecule has 0 aliphatic heterocycles. The van der Waals surface area contributed by atoms with Crippen LogP contribution in [0.3, 0.4) is 0 Å². The Labute approximate surface area is 114 Å². The normalized spacial score (nSPS) is 9.72. The summed E-state index contributed by atoms with van der Waals surface area (Å²) in [6.45, 7) is 2.21. The lowest BCUT2D eigenvalue weighted by atomic mass is 10.2. The van der Waals surface area contributed by atoms with Crippen LogP contribution in [0.25, 0.3) is 0 Å². The molecule has 0 aliphatic rings. The number of methoxy groups -OCH3 is 1. The first kappa shape index (κ1) is 14.5. The third-order valence-corrected chi connectivity index (χ3v) is 2.69. The highest BCUT2D eigenvalue weighted by atomic mass is 79.9. The van der Waals surface area contributed by atoms with Gasteiger partial charge in [-0.15, -0.1) is 0 Å². The Morgan fingerprint density at radius 3 is 2.56 bits per heavy atom. The first-order chi connectivity index (χ1) is 8.54. The minimum absolute atomic E-state index is 0.120. The maximum absolute atomic E-state index is 11.9. The lowest BCUT2D eigenvalue weighted by molar-refractivity contribution is -0.118. The van der Waals surface area contributed by atoms with E-state index in [1.807, 2.05) is 0 Å². The fourth-order valence-electron chi connectivity index (χ4n) is 1.36. The topological polar surface area (TPSA) is 67.4 Å². The minimum Gasteiger partial charge on any atom is -0.496 e. The van der Waals surface area contributed by atoms with Crippen LogP contribution in [-0.4, -0.2) is 32.0 Å². The number of amides is 2. The summed E-state index contributed by atoms with van der Waals surface area (Å²) in [5.74, 6) is 0.150. The minimum atomic E-state index is -0.232. The van der Waals surface area contributed by atoms with E-state index in [4.69, 9.17) is 4.74 Å². The van der Waals surface area contributed by atoms with Gasteiger partial charge in [0.1, 0.15) is 5.75 Å². The number of benzene rings is 1. The summed E-state index contributed by atoms with van der Waals surface area (Å²) in [5.41, 5.74) is 0.462. The predicted octanol–water partition coefficient (Wildman–Crippen LogP) is 1.32. The molecule has 0 saturated carbocycles. The van der Waals surface area contributed by atoms with Crippen LogP contribution in [0.5, 0.6) is 5.75 Å². The molecule has 0 saturated heterocycles. The fraction of sp³-hybridized carbons (Fsp3) is 0.333. The molecule has 0 aromatic heterocycles. The Bertz CT molecular complexity index is 449. The summed E-state index contributed by atoms with van der Waals surface area (Å²) in [5, 5.41) is 5.30. The van der Waals surface area contributed by atoms with Gasteiger partial charge in [-0.1, -0.05) is 15.9 Å². The Kier molecular flexibility index (Phi) is 5.64. The predicted molar refractivity (Wildman–Crippen MR) is 71.7 cm³/mol. The summed E-state index contributed by atoms with van der Waals surface area (Å²) in [4.78, 5) is 22.5. The molecule has 6 heteroatoms. The van der Waals surface area contributed by atoms with Crippen LogP contribution in [0.1, 0.15) is 17.3 Å². The zero-order valence-corrected chi connectivity index (χ0v) is 11.8. The number of hydrogen-bond donors (Lipinski definition) is 2. The number of ether oxygens (including phenoxy) is 1. The summed E-state index contributed by atoms with van der Waals surface area (Å²) >= 11 is 3.31. The highest BCUT2D eigenvalue weighted by molar-refractivity contribution is 9.10. The van der Waals surface area contributed by atoms with Gasteiger partial charge in [-0.3, -0.25) is 9.59 Å². The second-order valence-electron chi connectivity index (χ2n) is 3.58. The van der Waals surface area contributed by atoms with Crippen molar-refractivity contribution in [3.05, 3.63) is 28.2 Å². The van der Waals surface area contributed by atoms with Crippen molar-refractivity contribution >= 4 is 27.7 Å². The van der Waals surface area contributed by atoms with E-state index in [0.717, 1.165) is 4.47 Å². The molecule has 2 N–H and O–H groups in total. The van der Waals surface area contributed by atoms with Gasteiger partial charge >= 0.3 is 0 Å². The van der Waals surface area contributed by atoms with Crippen molar-refractivity contribution in [3.63, 3.8) is 0 Å². The smallest absolute Gasteiger partial charge is 0.255 e. The maximum atomic E-state index is 11.9. The molecule has 1 aromatic rings. The molecule has 98 valence electrons. The quantitative estimate of drug-likeness (QED) is 0.806. The van der Waals surface area contributed by atoms with Crippen LogP contribution < -0.4 is 15.4 Å². The van der Waals surface area contributed by atoms with Gasteiger partial charge in [0.2, 0.25) is 5.91 Å². The van der Waals surface area contributed by atoms with E-state index in [2.05, 4.69) is 26.6 Å². The van der Waals surface area contributed by atoms with Gasteiger partial charge in [0.25, 0.3) is 5.91 Å². The first-order valence-corrected chi connectivity index (χ1v) is 6.20. The average molecular weight is 315 g/mol. The highest BCUT2D eigenvalue weighted by Crippen LogP contribution is 2.23. The van der Waals surface area contributed by atoms with Crippen molar-refractivity contribution in [2.75, 3.05) is 20.2 Å². The van der Waals surface area contributed by atoms with Crippen LogP contribution in [-0.2, 0) is 4.79 Å². The molecule has 0 atom stereocenters. The van der Waals surface area contributed by atoms with Crippen LogP contribution in [0.15, 0.2) is 22.7 Å². The summed E-state index contributed by atoms with van der Waals surface area (Å²) in [6, 6.07) is 5.17. The van der Waals surface area contributed by atoms with E-state index in [9.17, 15) is 9.59 Å². The second-order valence-corrected chi connectivity index (χ2v) is 4.50. The molecule has 0 bridgehead atoms. The van der Waals surface area contributed by atoms with Crippen molar-refractivity contribution in [1.82, 2.24) is 10.6 Å². The number of carbonyl (C=O) groups excluding carboxylic acids is 2. The van der Waals surface area contributed by atoms with Crippen molar-refractivity contribution in [2.45, 2.75) is 6.92 Å². The molecule has 0 radical (unpaired) electrons. The molecule has 1 rings (SSSR count). The van der Waals surface area contributed by atoms with Gasteiger partial charge < -0.3 is 15.4 Å². The zero-order valence-electron chi connectivity index (χ0n) is 10.2. The number of rotatable bonds is 5. The molecule has 18 heavy (non-hydrogen) atoms. The largest absolute Gasteiger partial charge is 0.496 e. The fourth-order valence-corrected chi connectivity index (χ4v) is 1.70. The Morgan fingerprint density at radius 1 is 1.28 bits per heavy atom. The number of nitrogens with one attached hydrogen (secondary N) is 2. The van der Waals surface area contributed by atoms with E-state index < -0.39 is 0 Å². The number of halogens is 1. The van der Waals surface area contributed by atoms with Gasteiger partial charge in [0.15, 0.2) is 0 Å². The van der Waals surface area contributed by atoms with Crippen LogP contribution in [0.2, 0.25) is 0 Å². The average Bonchev–Trinajstić information content (AvgIpc) is 2.33. The Hall–Kier alpha value is -1.56. The highest BCUT2D eigenvalue weighted by Gasteiger charge is 2.11. The molecule has 0 fully saturated rings. The third kappa shape index (κ3) is 4.37. The lowest BCUT2D eigenvalue weighted by Crippen LogP contribution is -2.33. The van der Waals surface area contributed by atoms with E-state index in [0.29, 0.717) is 24.4 Å². The number of hydrogen-bond acceptors (Lipinski definition) is 3. The second kappa shape index (κ2) is 7.00. The van der Waals surface area contributed by atoms with Crippen molar-refractivity contribution in [2.24, 2.45) is 0 Å². The van der Waals surface area contributed by atoms with E-state index in [-0.39, 0.29) is 11.8 Å². The molecule has 1 aromatic carbocycles. The molecule has 0 heterocycles. The zero-order chi connectivity index (χ0) is 13.5. The van der Waals surface area contributed by atoms with Gasteiger partial charge in [-0.25, -0.2) is 0 Å². The van der Waals surface area contributed by atoms with Crippen molar-refractivity contribution in [1.29, 1.82) is 0 Å². The molecule has 2 amide bonds. The van der Waals surface area contributed by atoms with Crippen LogP contribution in [0.4, 0.5) is 0 Å². The lowest BCUT2D eigenvalue weighted by Gasteiger charge is -2.09. The Morgan fingerprint density at radius 2 is 1.94 bits per heavy atom. The van der Waals surface area contributed by atoms with E-state index in [1.54, 1.807) is 18.2 Å². The molecular weight excluding hydrogens is 300 g/mol. The maximum Gasteiger partial charge on any atom is 0.255 e. The monoisotopic (exact) mass is 314 g/mol. The van der Waals surface area contributed by atoms with Crippen LogP contribution >= 0.6 is 15.9 Å². The van der Waals surface area contributed by atoms with E-state index >= 15 is 0 Å². The third-order valence-electron chi connectivity index (χ3n) is 2.19.